The molecule has 0 aromatic rings. The number of rotatable bonds is 0. The molecule has 0 spiro atoms. The Balaban J connectivity index is 0.000000320. The largest absolute Gasteiger partial charge is 0.344 e. The Morgan fingerprint density at radius 2 is 2.25 bits per heavy atom. The van der Waals surface area contributed by atoms with E-state index >= 15 is 0 Å². The third-order valence-electron chi connectivity index (χ3n) is 1.27. The van der Waals surface area contributed by atoms with Crippen LogP contribution in [-0.4, -0.2) is 5.71 Å². The Morgan fingerprint density at radius 1 is 1.38 bits per heavy atom. The van der Waals surface area contributed by atoms with Crippen molar-refractivity contribution in [2.45, 2.75) is 6.42 Å². The van der Waals surface area contributed by atoms with Crippen LogP contribution in [0.3, 0.4) is 0 Å². The van der Waals surface area contributed by atoms with E-state index in [1.54, 1.807) is 0 Å². The van der Waals surface area contributed by atoms with Crippen LogP contribution in [0, 0.1) is 0 Å². The van der Waals surface area contributed by atoms with E-state index in [4.69, 9.17) is 0 Å². The van der Waals surface area contributed by atoms with E-state index < -0.39 is 0 Å². The van der Waals surface area contributed by atoms with E-state index in [0.717, 1.165) is 6.42 Å². The van der Waals surface area contributed by atoms with Crippen LogP contribution in [0.5, 0.6) is 0 Å². The maximum Gasteiger partial charge on any atom is 0.0448 e. The number of aliphatic imine (C=N–C) groups is 1. The predicted octanol–water partition coefficient (Wildman–Crippen LogP) is 1.45. The van der Waals surface area contributed by atoms with Gasteiger partial charge in [0, 0.05) is 18.3 Å². The number of hydrogen-bond donors (Lipinski definition) is 1. The SMILES string of the molecule is C1=CC2=NC=C1C2.N. The summed E-state index contributed by atoms with van der Waals surface area (Å²) in [5, 5.41) is 0. The molecule has 0 radical (unpaired) electrons. The summed E-state index contributed by atoms with van der Waals surface area (Å²) in [4.78, 5) is 4.07. The maximum absolute atomic E-state index is 4.07. The van der Waals surface area contributed by atoms with Crippen LogP contribution in [0.2, 0.25) is 0 Å². The molecule has 2 heteroatoms. The first-order valence-corrected chi connectivity index (χ1v) is 2.39. The van der Waals surface area contributed by atoms with E-state index in [0.29, 0.717) is 0 Å². The molecule has 2 rings (SSSR count). The number of nitrogens with zero attached hydrogens (tertiary/aromatic N) is 1. The fourth-order valence-corrected chi connectivity index (χ4v) is 0.873. The van der Waals surface area contributed by atoms with Crippen LogP contribution in [0.25, 0.3) is 0 Å². The summed E-state index contributed by atoms with van der Waals surface area (Å²) in [5.74, 6) is 0. The zero-order chi connectivity index (χ0) is 4.69. The summed E-state index contributed by atoms with van der Waals surface area (Å²) in [5.41, 5.74) is 2.57. The topological polar surface area (TPSA) is 47.4 Å². The molecule has 0 fully saturated rings. The lowest BCUT2D eigenvalue weighted by molar-refractivity contribution is 1.46. The molecule has 2 aliphatic rings. The predicted molar refractivity (Wildman–Crippen MR) is 34.3 cm³/mol. The minimum Gasteiger partial charge on any atom is -0.344 e. The van der Waals surface area contributed by atoms with Crippen molar-refractivity contribution in [2.24, 2.45) is 4.99 Å². The van der Waals surface area contributed by atoms with E-state index in [1.165, 1.54) is 11.3 Å². The van der Waals surface area contributed by atoms with Crippen molar-refractivity contribution in [3.63, 3.8) is 0 Å². The molecule has 1 aliphatic carbocycles. The summed E-state index contributed by atoms with van der Waals surface area (Å²) < 4.78 is 0. The smallest absolute Gasteiger partial charge is 0.0448 e. The van der Waals surface area contributed by atoms with E-state index in [9.17, 15) is 0 Å². The van der Waals surface area contributed by atoms with Gasteiger partial charge in [-0.1, -0.05) is 6.08 Å². The summed E-state index contributed by atoms with van der Waals surface area (Å²) in [6, 6.07) is 0. The molecule has 0 aromatic carbocycles. The van der Waals surface area contributed by atoms with E-state index in [2.05, 4.69) is 17.1 Å². The van der Waals surface area contributed by atoms with Gasteiger partial charge in [-0.05, 0) is 11.6 Å². The molecule has 0 saturated carbocycles. The molecule has 3 N–H and O–H groups in total. The number of allylic oxidation sites excluding steroid dienone is 3. The van der Waals surface area contributed by atoms with Gasteiger partial charge in [0.05, 0.1) is 0 Å². The van der Waals surface area contributed by atoms with Gasteiger partial charge < -0.3 is 6.15 Å². The molecule has 1 aliphatic heterocycles. The molecule has 2 bridgehead atoms. The Labute approximate surface area is 48.2 Å². The molecule has 0 atom stereocenters. The standard InChI is InChI=1S/C6H5N.H3N/c1-2-6-3-5(1)4-7-6;/h1-2,4H,3H2;1H3. The van der Waals surface area contributed by atoms with Gasteiger partial charge >= 0.3 is 0 Å². The maximum atomic E-state index is 4.07. The first-order chi connectivity index (χ1) is 3.45. The Bertz CT molecular complexity index is 167. The van der Waals surface area contributed by atoms with Crippen molar-refractivity contribution in [3.05, 3.63) is 23.9 Å². The monoisotopic (exact) mass is 108 g/mol. The normalized spacial score (nSPS) is 20.0. The van der Waals surface area contributed by atoms with Crippen LogP contribution >= 0.6 is 0 Å². The lowest BCUT2D eigenvalue weighted by atomic mass is 10.3. The first-order valence-electron chi connectivity index (χ1n) is 2.39. The van der Waals surface area contributed by atoms with Crippen LogP contribution in [0.1, 0.15) is 6.42 Å². The summed E-state index contributed by atoms with van der Waals surface area (Å²) in [6.07, 6.45) is 7.19. The van der Waals surface area contributed by atoms with Crippen molar-refractivity contribution in [2.75, 3.05) is 0 Å². The first kappa shape index (κ1) is 5.25. The quantitative estimate of drug-likeness (QED) is 0.501. The van der Waals surface area contributed by atoms with Gasteiger partial charge in [0.15, 0.2) is 0 Å². The molecule has 1 heterocycles. The fourth-order valence-electron chi connectivity index (χ4n) is 0.873. The number of fused-ring (bicyclic) bond motifs is 2. The average molecular weight is 108 g/mol. The zero-order valence-electron chi connectivity index (χ0n) is 4.59. The van der Waals surface area contributed by atoms with Gasteiger partial charge in [-0.2, -0.15) is 0 Å². The van der Waals surface area contributed by atoms with Crippen molar-refractivity contribution in [1.29, 1.82) is 0 Å². The van der Waals surface area contributed by atoms with Crippen LogP contribution < -0.4 is 6.15 Å². The Hall–Kier alpha value is -0.890. The summed E-state index contributed by atoms with van der Waals surface area (Å²) in [6.45, 7) is 0. The highest BCUT2D eigenvalue weighted by Crippen LogP contribution is 2.19. The second-order valence-corrected chi connectivity index (χ2v) is 1.83. The molecular weight excluding hydrogens is 100 g/mol. The average Bonchev–Trinajstić information content (AvgIpc) is 2.22. The third-order valence-corrected chi connectivity index (χ3v) is 1.27. The van der Waals surface area contributed by atoms with Crippen LogP contribution in [0.4, 0.5) is 0 Å². The van der Waals surface area contributed by atoms with Crippen molar-refractivity contribution in [3.8, 4) is 0 Å². The van der Waals surface area contributed by atoms with Gasteiger partial charge in [-0.15, -0.1) is 0 Å². The molecule has 8 heavy (non-hydrogen) atoms. The molecular formula is C6H8N2. The molecule has 42 valence electrons. The summed E-state index contributed by atoms with van der Waals surface area (Å²) in [7, 11) is 0. The third kappa shape index (κ3) is 0.502. The van der Waals surface area contributed by atoms with Crippen LogP contribution in [0.15, 0.2) is 28.9 Å². The molecule has 0 amide bonds. The zero-order valence-corrected chi connectivity index (χ0v) is 4.59. The molecule has 0 unspecified atom stereocenters. The fraction of sp³-hybridized carbons (Fsp3) is 0.167. The lowest BCUT2D eigenvalue weighted by Gasteiger charge is -1.76. The van der Waals surface area contributed by atoms with Crippen molar-refractivity contribution >= 4 is 5.71 Å². The second kappa shape index (κ2) is 1.56. The molecule has 0 aromatic heterocycles. The van der Waals surface area contributed by atoms with E-state index in [1.807, 2.05) is 6.20 Å². The van der Waals surface area contributed by atoms with Crippen molar-refractivity contribution < 1.29 is 0 Å². The highest BCUT2D eigenvalue weighted by atomic mass is 14.7. The van der Waals surface area contributed by atoms with Gasteiger partial charge in [0.25, 0.3) is 0 Å². The highest BCUT2D eigenvalue weighted by Gasteiger charge is 2.09. The Morgan fingerprint density at radius 3 is 2.38 bits per heavy atom. The van der Waals surface area contributed by atoms with Gasteiger partial charge in [-0.3, -0.25) is 4.99 Å². The van der Waals surface area contributed by atoms with Crippen molar-refractivity contribution in [1.82, 2.24) is 6.15 Å². The molecule has 0 saturated heterocycles. The molecule has 2 nitrogen and oxygen atoms in total. The minimum atomic E-state index is 0. The summed E-state index contributed by atoms with van der Waals surface area (Å²) >= 11 is 0. The van der Waals surface area contributed by atoms with E-state index in [-0.39, 0.29) is 6.15 Å². The highest BCUT2D eigenvalue weighted by molar-refractivity contribution is 6.02. The lowest BCUT2D eigenvalue weighted by Crippen LogP contribution is -1.78. The Kier molecular flexibility index (Phi) is 1.02. The van der Waals surface area contributed by atoms with Gasteiger partial charge in [0.2, 0.25) is 0 Å². The minimum absolute atomic E-state index is 0. The number of hydrogen-bond acceptors (Lipinski definition) is 2. The van der Waals surface area contributed by atoms with Gasteiger partial charge in [-0.25, -0.2) is 0 Å². The van der Waals surface area contributed by atoms with Gasteiger partial charge in [0.1, 0.15) is 0 Å². The van der Waals surface area contributed by atoms with Crippen LogP contribution in [-0.2, 0) is 0 Å². The second-order valence-electron chi connectivity index (χ2n) is 1.83.